The fourth-order valence-corrected chi connectivity index (χ4v) is 11.2. The molecule has 1 aromatic heterocycles. The number of hydrogen-bond acceptors (Lipinski definition) is 2. The van der Waals surface area contributed by atoms with Gasteiger partial charge < -0.3 is 9.47 Å². The molecule has 0 N–H and O–H groups in total. The molecule has 0 aliphatic carbocycles. The van der Waals surface area contributed by atoms with Gasteiger partial charge in [-0.3, -0.25) is 4.90 Å². The van der Waals surface area contributed by atoms with E-state index >= 15 is 0 Å². The van der Waals surface area contributed by atoms with Crippen molar-refractivity contribution in [1.82, 2.24) is 4.57 Å². The van der Waals surface area contributed by atoms with Crippen molar-refractivity contribution < 1.29 is 5.48 Å². The Morgan fingerprint density at radius 2 is 0.803 bits per heavy atom. The van der Waals surface area contributed by atoms with Crippen molar-refractivity contribution in [2.45, 2.75) is 0 Å². The topological polar surface area (TPSA) is 11.4 Å². The number of aryl methyl sites for hydroxylation is 1. The Balaban J connectivity index is 1.11. The zero-order valence-corrected chi connectivity index (χ0v) is 33.2. The third kappa shape index (κ3) is 4.33. The average Bonchev–Trinajstić information content (AvgIpc) is 3.66. The van der Waals surface area contributed by atoms with E-state index in [4.69, 9.17) is 1.37 Å². The Hall–Kier alpha value is -7.82. The number of fused-ring (bicyclic) bond motifs is 18. The van der Waals surface area contributed by atoms with Crippen LogP contribution in [-0.4, -0.2) is 11.3 Å². The number of rotatable bonds is 2. The standard InChI is InChI=1S/C57H36BN3/c1-59-51-25-12-10-23-47(51)55-57(59)61(36-30-32-46-42-20-5-3-16-38(42)40-18-7-9-22-44(40)49(46)34-36)54-28-14-27-53-56(54)58(55)50-24-11-13-26-52(50)60(53)35-29-31-45-41-19-4-2-15-37(41)39-17-6-8-21-43(39)48(45)33-35/h2-34H,1H3/i11D,13D,24D,26D. The minimum atomic E-state index is -0.499. The molecule has 0 fully saturated rings. The molecule has 2 aliphatic rings. The van der Waals surface area contributed by atoms with E-state index < -0.39 is 6.71 Å². The van der Waals surface area contributed by atoms with Crippen molar-refractivity contribution in [3.8, 4) is 0 Å². The van der Waals surface area contributed by atoms with Crippen LogP contribution >= 0.6 is 0 Å². The summed E-state index contributed by atoms with van der Waals surface area (Å²) in [5.74, 6) is 0.973. The van der Waals surface area contributed by atoms with E-state index in [1.807, 2.05) is 0 Å². The lowest BCUT2D eigenvalue weighted by molar-refractivity contribution is 0.951. The molecule has 3 nitrogen and oxygen atoms in total. The van der Waals surface area contributed by atoms with Gasteiger partial charge in [-0.15, -0.1) is 0 Å². The van der Waals surface area contributed by atoms with Gasteiger partial charge in [0.2, 0.25) is 0 Å². The van der Waals surface area contributed by atoms with E-state index in [1.54, 1.807) is 0 Å². The van der Waals surface area contributed by atoms with Crippen molar-refractivity contribution >= 4 is 133 Å². The van der Waals surface area contributed by atoms with Crippen molar-refractivity contribution in [1.29, 1.82) is 0 Å². The Bertz CT molecular complexity index is 4050. The van der Waals surface area contributed by atoms with E-state index in [1.165, 1.54) is 48.5 Å². The second-order valence-corrected chi connectivity index (χ2v) is 16.5. The number of para-hydroxylation sites is 2. The van der Waals surface area contributed by atoms with Gasteiger partial charge in [0.1, 0.15) is 5.82 Å². The monoisotopic (exact) mass is 777 g/mol. The first-order valence-electron chi connectivity index (χ1n) is 23.0. The molecular weight excluding hydrogens is 737 g/mol. The summed E-state index contributed by atoms with van der Waals surface area (Å²) in [4.78, 5) is 4.50. The lowest BCUT2D eigenvalue weighted by Crippen LogP contribution is -2.61. The van der Waals surface area contributed by atoms with Gasteiger partial charge in [-0.05, 0) is 135 Å². The van der Waals surface area contributed by atoms with Crippen LogP contribution in [0.3, 0.4) is 0 Å². The van der Waals surface area contributed by atoms with Crippen LogP contribution in [0.25, 0.3) is 75.5 Å². The number of aromatic nitrogens is 1. The summed E-state index contributed by atoms with van der Waals surface area (Å²) in [7, 11) is 2.12. The van der Waals surface area contributed by atoms with E-state index in [0.29, 0.717) is 11.2 Å². The summed E-state index contributed by atoms with van der Waals surface area (Å²) in [5, 5.41) is 15.1. The third-order valence-corrected chi connectivity index (χ3v) is 13.6. The van der Waals surface area contributed by atoms with Crippen LogP contribution in [0.4, 0.5) is 34.3 Å². The van der Waals surface area contributed by atoms with Crippen molar-refractivity contribution in [3.05, 3.63) is 200 Å². The van der Waals surface area contributed by atoms with Crippen LogP contribution in [0.2, 0.25) is 0 Å². The summed E-state index contributed by atoms with van der Waals surface area (Å²) >= 11 is 0. The van der Waals surface area contributed by atoms with Crippen molar-refractivity contribution in [2.75, 3.05) is 9.80 Å². The van der Waals surface area contributed by atoms with Gasteiger partial charge in [0.15, 0.2) is 0 Å². The molecule has 282 valence electrons. The van der Waals surface area contributed by atoms with Crippen molar-refractivity contribution in [2.24, 2.45) is 7.05 Å². The Morgan fingerprint density at radius 3 is 1.34 bits per heavy atom. The molecular formula is C57H36BN3. The molecule has 4 heteroatoms. The molecule has 2 aliphatic heterocycles. The van der Waals surface area contributed by atoms with Crippen LogP contribution in [0.5, 0.6) is 0 Å². The van der Waals surface area contributed by atoms with Crippen LogP contribution in [0.15, 0.2) is 200 Å². The maximum atomic E-state index is 9.83. The second kappa shape index (κ2) is 12.1. The highest BCUT2D eigenvalue weighted by molar-refractivity contribution is 7.01. The largest absolute Gasteiger partial charge is 0.330 e. The predicted molar refractivity (Wildman–Crippen MR) is 262 cm³/mol. The Labute approximate surface area is 358 Å². The van der Waals surface area contributed by atoms with E-state index in [9.17, 15) is 4.11 Å². The van der Waals surface area contributed by atoms with Gasteiger partial charge in [-0.25, -0.2) is 0 Å². The molecule has 0 bridgehead atoms. The molecule has 14 rings (SSSR count). The van der Waals surface area contributed by atoms with Gasteiger partial charge in [0.05, 0.1) is 5.48 Å². The van der Waals surface area contributed by atoms with Gasteiger partial charge >= 0.3 is 0 Å². The first-order valence-corrected chi connectivity index (χ1v) is 21.0. The molecule has 3 heterocycles. The summed E-state index contributed by atoms with van der Waals surface area (Å²) in [6.07, 6.45) is 0. The Morgan fingerprint density at radius 1 is 0.377 bits per heavy atom. The highest BCUT2D eigenvalue weighted by Gasteiger charge is 2.45. The van der Waals surface area contributed by atoms with Gasteiger partial charge in [0, 0.05) is 41.0 Å². The number of anilines is 6. The SMILES string of the molecule is [2H]c1c([2H])c([2H])c2c(c1[2H])B1c3c(cccc3N(c3ccc4c5ccccc5c5ccccc5c4c3)c3c1c1ccccc1n3C)N2c1ccc2c3ccccc3c3ccccc3c2c1. The normalized spacial score (nSPS) is 14.1. The van der Waals surface area contributed by atoms with Crippen LogP contribution in [-0.2, 0) is 7.05 Å². The highest BCUT2D eigenvalue weighted by atomic mass is 15.3. The molecule has 11 aromatic carbocycles. The molecule has 12 aromatic rings. The first kappa shape index (κ1) is 29.4. The van der Waals surface area contributed by atoms with E-state index in [0.717, 1.165) is 66.6 Å². The van der Waals surface area contributed by atoms with Gasteiger partial charge in [0.25, 0.3) is 6.71 Å². The maximum absolute atomic E-state index is 9.83. The smallest absolute Gasteiger partial charge is 0.255 e. The van der Waals surface area contributed by atoms with Gasteiger partial charge in [-0.2, -0.15) is 0 Å². The minimum absolute atomic E-state index is 0.0231. The molecule has 0 saturated heterocycles. The maximum Gasteiger partial charge on any atom is 0.255 e. The first-order chi connectivity index (χ1) is 31.9. The summed E-state index contributed by atoms with van der Waals surface area (Å²) in [5.41, 5.74) is 7.82. The molecule has 0 saturated carbocycles. The summed E-state index contributed by atoms with van der Waals surface area (Å²) < 4.78 is 40.2. The molecule has 0 unspecified atom stereocenters. The summed E-state index contributed by atoms with van der Waals surface area (Å²) in [6.45, 7) is -0.499. The van der Waals surface area contributed by atoms with Crippen molar-refractivity contribution in [3.63, 3.8) is 0 Å². The van der Waals surface area contributed by atoms with E-state index in [-0.39, 0.29) is 24.2 Å². The lowest BCUT2D eigenvalue weighted by Gasteiger charge is -2.43. The third-order valence-electron chi connectivity index (χ3n) is 13.6. The quantitative estimate of drug-likeness (QED) is 0.128. The predicted octanol–water partition coefficient (Wildman–Crippen LogP) is 13.2. The second-order valence-electron chi connectivity index (χ2n) is 16.5. The molecule has 0 amide bonds. The summed E-state index contributed by atoms with van der Waals surface area (Å²) in [6, 6.07) is 62.1. The van der Waals surface area contributed by atoms with Gasteiger partial charge in [-0.1, -0.05) is 152 Å². The molecule has 61 heavy (non-hydrogen) atoms. The molecule has 0 spiro atoms. The number of nitrogens with zero attached hydrogens (tertiary/aromatic N) is 3. The zero-order valence-electron chi connectivity index (χ0n) is 37.2. The Kier molecular flexibility index (Phi) is 5.84. The average molecular weight is 778 g/mol. The molecule has 0 atom stereocenters. The number of benzene rings is 11. The zero-order chi connectivity index (χ0) is 43.4. The highest BCUT2D eigenvalue weighted by Crippen LogP contribution is 2.48. The van der Waals surface area contributed by atoms with Crippen LogP contribution < -0.4 is 26.2 Å². The van der Waals surface area contributed by atoms with Crippen LogP contribution in [0, 0.1) is 0 Å². The van der Waals surface area contributed by atoms with Crippen LogP contribution in [0.1, 0.15) is 5.48 Å². The minimum Gasteiger partial charge on any atom is -0.330 e. The van der Waals surface area contributed by atoms with E-state index in [2.05, 4.69) is 197 Å². The lowest BCUT2D eigenvalue weighted by atomic mass is 9.33. The molecule has 0 radical (unpaired) electrons. The fraction of sp³-hybridized carbons (Fsp3) is 0.0175. The number of hydrogen-bond donors (Lipinski definition) is 0. The fourth-order valence-electron chi connectivity index (χ4n) is 11.2.